The highest BCUT2D eigenvalue weighted by Gasteiger charge is 2.19. The summed E-state index contributed by atoms with van der Waals surface area (Å²) in [6.45, 7) is 0.510. The fourth-order valence-electron chi connectivity index (χ4n) is 2.65. The van der Waals surface area contributed by atoms with Crippen molar-refractivity contribution in [1.29, 1.82) is 0 Å². The lowest BCUT2D eigenvalue weighted by molar-refractivity contribution is 0.326. The van der Waals surface area contributed by atoms with Crippen molar-refractivity contribution in [2.45, 2.75) is 11.7 Å². The van der Waals surface area contributed by atoms with E-state index in [0.29, 0.717) is 40.4 Å². The number of ether oxygens (including phenoxy) is 3. The number of hydrogen-bond acceptors (Lipinski definition) is 7. The summed E-state index contributed by atoms with van der Waals surface area (Å²) < 4.78 is 19.6. The molecule has 0 aliphatic rings. The molecule has 0 bridgehead atoms. The number of imidazole rings is 1. The third-order valence-electron chi connectivity index (χ3n) is 3.96. The van der Waals surface area contributed by atoms with Gasteiger partial charge in [0.05, 0.1) is 33.0 Å². The van der Waals surface area contributed by atoms with Crippen molar-refractivity contribution >= 4 is 22.7 Å². The van der Waals surface area contributed by atoms with Gasteiger partial charge >= 0.3 is 0 Å². The molecule has 138 valence electrons. The number of aryl methyl sites for hydroxylation is 2. The van der Waals surface area contributed by atoms with Crippen molar-refractivity contribution in [3.8, 4) is 17.2 Å². The zero-order chi connectivity index (χ0) is 18.7. The largest absolute Gasteiger partial charge is 0.493 e. The second-order valence-corrected chi connectivity index (χ2v) is 6.52. The van der Waals surface area contributed by atoms with E-state index in [1.54, 1.807) is 28.6 Å². The van der Waals surface area contributed by atoms with Crippen LogP contribution in [0.1, 0.15) is 0 Å². The van der Waals surface area contributed by atoms with Crippen molar-refractivity contribution in [3.63, 3.8) is 0 Å². The van der Waals surface area contributed by atoms with Gasteiger partial charge in [0, 0.05) is 31.7 Å². The van der Waals surface area contributed by atoms with Crippen LogP contribution in [0.2, 0.25) is 0 Å². The minimum Gasteiger partial charge on any atom is -0.493 e. The first-order chi connectivity index (χ1) is 12.6. The molecule has 1 aromatic carbocycles. The van der Waals surface area contributed by atoms with Gasteiger partial charge in [0.15, 0.2) is 16.7 Å². The number of aromatic nitrogens is 4. The molecule has 0 atom stereocenters. The topological polar surface area (TPSA) is 80.4 Å². The summed E-state index contributed by atoms with van der Waals surface area (Å²) in [6, 6.07) is 1.63. The van der Waals surface area contributed by atoms with E-state index >= 15 is 0 Å². The van der Waals surface area contributed by atoms with E-state index in [1.165, 1.54) is 27.7 Å². The van der Waals surface area contributed by atoms with E-state index in [0.717, 1.165) is 5.16 Å². The molecule has 2 aromatic heterocycles. The van der Waals surface area contributed by atoms with Crippen LogP contribution in [0.3, 0.4) is 0 Å². The molecule has 0 amide bonds. The molecule has 0 N–H and O–H groups in total. The van der Waals surface area contributed by atoms with Gasteiger partial charge in [-0.2, -0.15) is 0 Å². The number of fused-ring (bicyclic) bond motifs is 1. The molecule has 0 aliphatic heterocycles. The van der Waals surface area contributed by atoms with Gasteiger partial charge in [0.1, 0.15) is 5.52 Å². The fourth-order valence-corrected chi connectivity index (χ4v) is 3.52. The molecule has 0 saturated heterocycles. The van der Waals surface area contributed by atoms with E-state index in [2.05, 4.69) is 9.97 Å². The Morgan fingerprint density at radius 1 is 1.12 bits per heavy atom. The van der Waals surface area contributed by atoms with E-state index < -0.39 is 0 Å². The highest BCUT2D eigenvalue weighted by molar-refractivity contribution is 7.99. The van der Waals surface area contributed by atoms with E-state index in [1.807, 2.05) is 17.8 Å². The van der Waals surface area contributed by atoms with Crippen LogP contribution in [0, 0.1) is 0 Å². The molecule has 0 radical (unpaired) electrons. The first-order valence-electron chi connectivity index (χ1n) is 7.89. The lowest BCUT2D eigenvalue weighted by Crippen LogP contribution is -2.22. The van der Waals surface area contributed by atoms with Crippen LogP contribution in [0.15, 0.2) is 34.7 Å². The summed E-state index contributed by atoms with van der Waals surface area (Å²) in [6.07, 6.45) is 5.16. The Morgan fingerprint density at radius 2 is 1.88 bits per heavy atom. The molecule has 0 saturated carbocycles. The lowest BCUT2D eigenvalue weighted by atomic mass is 10.2. The molecule has 2 heterocycles. The van der Waals surface area contributed by atoms with Crippen LogP contribution in [-0.2, 0) is 13.6 Å². The third kappa shape index (κ3) is 3.22. The summed E-state index contributed by atoms with van der Waals surface area (Å²) in [5.74, 6) is 1.92. The zero-order valence-electron chi connectivity index (χ0n) is 15.1. The molecule has 9 heteroatoms. The minimum absolute atomic E-state index is 0.158. The van der Waals surface area contributed by atoms with Gasteiger partial charge in [-0.15, -0.1) is 0 Å². The zero-order valence-corrected chi connectivity index (χ0v) is 15.9. The highest BCUT2D eigenvalue weighted by Crippen LogP contribution is 2.41. The molecule has 26 heavy (non-hydrogen) atoms. The maximum absolute atomic E-state index is 12.9. The summed E-state index contributed by atoms with van der Waals surface area (Å²) in [7, 11) is 6.47. The minimum atomic E-state index is -0.158. The molecule has 0 unspecified atom stereocenters. The maximum Gasteiger partial charge on any atom is 0.261 e. The molecule has 0 fully saturated rings. The van der Waals surface area contributed by atoms with Gasteiger partial charge < -0.3 is 18.8 Å². The smallest absolute Gasteiger partial charge is 0.261 e. The van der Waals surface area contributed by atoms with Crippen molar-refractivity contribution in [3.05, 3.63) is 35.1 Å². The van der Waals surface area contributed by atoms with Gasteiger partial charge in [-0.3, -0.25) is 9.36 Å². The number of nitrogens with zero attached hydrogens (tertiary/aromatic N) is 4. The predicted molar refractivity (Wildman–Crippen MR) is 99.6 cm³/mol. The van der Waals surface area contributed by atoms with Crippen LogP contribution in [0.25, 0.3) is 10.9 Å². The summed E-state index contributed by atoms with van der Waals surface area (Å²) >= 11 is 1.58. The third-order valence-corrected chi connectivity index (χ3v) is 5.00. The number of methoxy groups -OCH3 is 3. The van der Waals surface area contributed by atoms with Crippen molar-refractivity contribution < 1.29 is 14.2 Å². The molecule has 8 nitrogen and oxygen atoms in total. The monoisotopic (exact) mass is 376 g/mol. The Morgan fingerprint density at radius 3 is 2.50 bits per heavy atom. The van der Waals surface area contributed by atoms with Crippen LogP contribution in [0.5, 0.6) is 17.2 Å². The quantitative estimate of drug-likeness (QED) is 0.583. The Balaban J connectivity index is 1.95. The van der Waals surface area contributed by atoms with Gasteiger partial charge in [-0.25, -0.2) is 9.97 Å². The molecule has 3 aromatic rings. The number of benzene rings is 1. The average molecular weight is 376 g/mol. The molecular formula is C17H20N4O4S. The van der Waals surface area contributed by atoms with Gasteiger partial charge in [0.25, 0.3) is 5.56 Å². The lowest BCUT2D eigenvalue weighted by Gasteiger charge is -2.14. The first-order valence-corrected chi connectivity index (χ1v) is 8.87. The van der Waals surface area contributed by atoms with Crippen molar-refractivity contribution in [2.24, 2.45) is 7.05 Å². The fraction of sp³-hybridized carbons (Fsp3) is 0.353. The Kier molecular flexibility index (Phi) is 5.36. The molecule has 3 rings (SSSR count). The van der Waals surface area contributed by atoms with Crippen molar-refractivity contribution in [2.75, 3.05) is 27.1 Å². The predicted octanol–water partition coefficient (Wildman–Crippen LogP) is 1.95. The van der Waals surface area contributed by atoms with Gasteiger partial charge in [0.2, 0.25) is 5.75 Å². The summed E-state index contributed by atoms with van der Waals surface area (Å²) in [4.78, 5) is 21.5. The van der Waals surface area contributed by atoms with E-state index in [-0.39, 0.29) is 5.56 Å². The standard InChI is InChI=1S/C17H20N4O4S/c1-20-6-5-18-17(20)26-8-7-21-10-19-13-11(16(21)22)9-12(23-2)14(24-3)15(13)25-4/h5-6,9-10H,7-8H2,1-4H3. The van der Waals surface area contributed by atoms with E-state index in [9.17, 15) is 4.79 Å². The van der Waals surface area contributed by atoms with Crippen LogP contribution < -0.4 is 19.8 Å². The number of rotatable bonds is 7. The SMILES string of the molecule is COc1cc2c(=O)n(CCSc3nccn3C)cnc2c(OC)c1OC. The Hall–Kier alpha value is -2.68. The molecule has 0 spiro atoms. The normalized spacial score (nSPS) is 10.9. The number of thioether (sulfide) groups is 1. The maximum atomic E-state index is 12.9. The second kappa shape index (κ2) is 7.69. The molecular weight excluding hydrogens is 356 g/mol. The highest BCUT2D eigenvalue weighted by atomic mass is 32.2. The summed E-state index contributed by atoms with van der Waals surface area (Å²) in [5, 5.41) is 1.32. The van der Waals surface area contributed by atoms with E-state index in [4.69, 9.17) is 14.2 Å². The molecule has 0 aliphatic carbocycles. The van der Waals surface area contributed by atoms with Crippen LogP contribution >= 0.6 is 11.8 Å². The Bertz CT molecular complexity index is 983. The van der Waals surface area contributed by atoms with Gasteiger partial charge in [-0.1, -0.05) is 11.8 Å². The second-order valence-electron chi connectivity index (χ2n) is 5.45. The first kappa shape index (κ1) is 18.1. The Labute approximate surface area is 154 Å². The van der Waals surface area contributed by atoms with Gasteiger partial charge in [-0.05, 0) is 6.07 Å². The van der Waals surface area contributed by atoms with Crippen LogP contribution in [-0.4, -0.2) is 46.2 Å². The van der Waals surface area contributed by atoms with Crippen LogP contribution in [0.4, 0.5) is 0 Å². The number of hydrogen-bond donors (Lipinski definition) is 0. The van der Waals surface area contributed by atoms with Crippen molar-refractivity contribution in [1.82, 2.24) is 19.1 Å². The average Bonchev–Trinajstić information content (AvgIpc) is 3.06. The summed E-state index contributed by atoms with van der Waals surface area (Å²) in [5.41, 5.74) is 0.290.